The van der Waals surface area contributed by atoms with Gasteiger partial charge in [0.25, 0.3) is 0 Å². The van der Waals surface area contributed by atoms with Crippen molar-refractivity contribution in [3.8, 4) is 66.8 Å². The van der Waals surface area contributed by atoms with Crippen molar-refractivity contribution in [2.75, 3.05) is 4.90 Å². The van der Waals surface area contributed by atoms with Crippen LogP contribution in [-0.2, 0) is 22.7 Å². The van der Waals surface area contributed by atoms with E-state index in [1.54, 1.807) is 0 Å². The lowest BCUT2D eigenvalue weighted by Crippen LogP contribution is -2.24. The van der Waals surface area contributed by atoms with Gasteiger partial charge in [0, 0.05) is 22.4 Å². The van der Waals surface area contributed by atoms with Gasteiger partial charge in [-0.25, -0.2) is 0 Å². The Kier molecular flexibility index (Phi) is 10.4. The summed E-state index contributed by atoms with van der Waals surface area (Å²) in [5.74, 6) is 0. The van der Waals surface area contributed by atoms with E-state index in [-0.39, 0.29) is 16.2 Å². The summed E-state index contributed by atoms with van der Waals surface area (Å²) in [6.45, 7) is 21.3. The molecule has 0 unspecified atom stereocenters. The summed E-state index contributed by atoms with van der Waals surface area (Å²) in [6, 6.07) is 73.1. The molecule has 0 N–H and O–H groups in total. The molecule has 0 bridgehead atoms. The molecule has 0 aromatic heterocycles. The Morgan fingerprint density at radius 1 is 0.397 bits per heavy atom. The number of rotatable bonds is 7. The molecular formula is C67H61N. The van der Waals surface area contributed by atoms with Gasteiger partial charge in [-0.05, 0) is 149 Å². The van der Waals surface area contributed by atoms with E-state index in [0.29, 0.717) is 0 Å². The van der Waals surface area contributed by atoms with Gasteiger partial charge in [0.05, 0.1) is 5.69 Å². The second-order valence-corrected chi connectivity index (χ2v) is 21.8. The number of aryl methyl sites for hydroxylation is 1. The highest BCUT2D eigenvalue weighted by atomic mass is 15.1. The third kappa shape index (κ3) is 7.32. The topological polar surface area (TPSA) is 3.24 Å². The van der Waals surface area contributed by atoms with Gasteiger partial charge >= 0.3 is 0 Å². The van der Waals surface area contributed by atoms with Crippen molar-refractivity contribution in [2.24, 2.45) is 0 Å². The smallest absolute Gasteiger partial charge is 0.0546 e. The first kappa shape index (κ1) is 43.4. The quantitative estimate of drug-likeness (QED) is 0.154. The SMILES string of the molecule is Cc1ccc(-c2ccc(N(c3ccc4c(c3)C(C)(C)c3c(C(C)(C)C)ccc(C(C)(C)C)c3-4)c3cc(-c4ccccc4)ccc3-c3cccc4c3Cc3c(-c5ccccc5)cccc3-4)cc2)cc1. The Hall–Kier alpha value is -7.22. The summed E-state index contributed by atoms with van der Waals surface area (Å²) in [6.07, 6.45) is 0.870. The summed E-state index contributed by atoms with van der Waals surface area (Å²) in [7, 11) is 0. The molecule has 0 saturated heterocycles. The van der Waals surface area contributed by atoms with E-state index in [1.807, 2.05) is 0 Å². The van der Waals surface area contributed by atoms with Gasteiger partial charge in [0.1, 0.15) is 0 Å². The molecule has 0 aliphatic heterocycles. The highest BCUT2D eigenvalue weighted by molar-refractivity contribution is 5.97. The van der Waals surface area contributed by atoms with Crippen LogP contribution in [0.4, 0.5) is 17.1 Å². The van der Waals surface area contributed by atoms with Gasteiger partial charge in [0.2, 0.25) is 0 Å². The third-order valence-electron chi connectivity index (χ3n) is 14.9. The number of hydrogen-bond donors (Lipinski definition) is 0. The van der Waals surface area contributed by atoms with Crippen molar-refractivity contribution >= 4 is 17.1 Å². The average Bonchev–Trinajstić information content (AvgIpc) is 3.84. The minimum absolute atomic E-state index is 0.0158. The zero-order valence-corrected chi connectivity index (χ0v) is 41.1. The lowest BCUT2D eigenvalue weighted by Gasteiger charge is -2.33. The standard InChI is InChI=1S/C67H61N/c1-43-26-28-45(29-27-43)46-30-33-49(34-31-46)68(50-35-37-56-61(41-50)67(8,9)64-60(66(5,6)7)39-38-59(63(56)64)65(2,3)4)62-40-48(44-18-12-10-13-19-44)32-36-55(62)54-25-17-24-53-52-23-16-22-51(57(52)42-58(53)54)47-20-14-11-15-21-47/h10-41H,42H2,1-9H3. The molecule has 0 atom stereocenters. The van der Waals surface area contributed by atoms with E-state index in [0.717, 1.165) is 23.5 Å². The molecule has 0 heterocycles. The zero-order chi connectivity index (χ0) is 47.1. The molecular weight excluding hydrogens is 819 g/mol. The van der Waals surface area contributed by atoms with Gasteiger partial charge in [-0.1, -0.05) is 225 Å². The molecule has 1 nitrogen and oxygen atoms in total. The molecule has 334 valence electrons. The van der Waals surface area contributed by atoms with E-state index in [1.165, 1.54) is 106 Å². The van der Waals surface area contributed by atoms with Crippen molar-refractivity contribution < 1.29 is 0 Å². The largest absolute Gasteiger partial charge is 0.310 e. The lowest BCUT2D eigenvalue weighted by molar-refractivity contribution is 0.550. The second kappa shape index (κ2) is 16.2. The van der Waals surface area contributed by atoms with Crippen LogP contribution in [0.5, 0.6) is 0 Å². The summed E-state index contributed by atoms with van der Waals surface area (Å²) in [5.41, 5.74) is 28.2. The van der Waals surface area contributed by atoms with Crippen LogP contribution in [0.25, 0.3) is 66.8 Å². The molecule has 9 aromatic rings. The first-order valence-corrected chi connectivity index (χ1v) is 24.5. The Morgan fingerprint density at radius 3 is 1.50 bits per heavy atom. The number of anilines is 3. The summed E-state index contributed by atoms with van der Waals surface area (Å²) in [5, 5.41) is 0. The molecule has 0 spiro atoms. The Bertz CT molecular complexity index is 3370. The van der Waals surface area contributed by atoms with Crippen LogP contribution in [0.3, 0.4) is 0 Å². The minimum atomic E-state index is -0.233. The maximum atomic E-state index is 2.55. The van der Waals surface area contributed by atoms with Gasteiger partial charge < -0.3 is 4.90 Å². The first-order valence-electron chi connectivity index (χ1n) is 24.5. The van der Waals surface area contributed by atoms with Crippen LogP contribution < -0.4 is 4.90 Å². The molecule has 0 amide bonds. The average molecular weight is 880 g/mol. The Morgan fingerprint density at radius 2 is 0.882 bits per heavy atom. The number of fused-ring (bicyclic) bond motifs is 6. The maximum Gasteiger partial charge on any atom is 0.0546 e. The van der Waals surface area contributed by atoms with E-state index in [2.05, 4.69) is 261 Å². The molecule has 0 fully saturated rings. The Labute approximate surface area is 404 Å². The van der Waals surface area contributed by atoms with Crippen molar-refractivity contribution in [3.63, 3.8) is 0 Å². The van der Waals surface area contributed by atoms with E-state index in [9.17, 15) is 0 Å². The highest BCUT2D eigenvalue weighted by Gasteiger charge is 2.42. The van der Waals surface area contributed by atoms with Crippen LogP contribution in [0.1, 0.15) is 94.3 Å². The molecule has 0 saturated carbocycles. The first-order chi connectivity index (χ1) is 32.7. The van der Waals surface area contributed by atoms with Crippen molar-refractivity contribution in [3.05, 3.63) is 233 Å². The predicted octanol–water partition coefficient (Wildman–Crippen LogP) is 18.6. The summed E-state index contributed by atoms with van der Waals surface area (Å²) in [4.78, 5) is 2.55. The van der Waals surface area contributed by atoms with Crippen molar-refractivity contribution in [2.45, 2.75) is 85.0 Å². The normalized spacial score (nSPS) is 13.4. The second-order valence-electron chi connectivity index (χ2n) is 21.8. The fraction of sp³-hybridized carbons (Fsp3) is 0.194. The number of benzene rings is 9. The fourth-order valence-electron chi connectivity index (χ4n) is 11.4. The van der Waals surface area contributed by atoms with Crippen molar-refractivity contribution in [1.82, 2.24) is 0 Å². The van der Waals surface area contributed by atoms with Crippen LogP contribution in [-0.4, -0.2) is 0 Å². The molecule has 2 aliphatic rings. The number of hydrogen-bond acceptors (Lipinski definition) is 1. The van der Waals surface area contributed by atoms with Crippen LogP contribution in [0, 0.1) is 6.92 Å². The van der Waals surface area contributed by atoms with Gasteiger partial charge in [-0.15, -0.1) is 0 Å². The van der Waals surface area contributed by atoms with E-state index < -0.39 is 0 Å². The number of nitrogens with zero attached hydrogens (tertiary/aromatic N) is 1. The monoisotopic (exact) mass is 879 g/mol. The zero-order valence-electron chi connectivity index (χ0n) is 41.1. The fourth-order valence-corrected chi connectivity index (χ4v) is 11.4. The summed E-state index contributed by atoms with van der Waals surface area (Å²) < 4.78 is 0. The van der Waals surface area contributed by atoms with E-state index >= 15 is 0 Å². The Balaban J connectivity index is 1.15. The minimum Gasteiger partial charge on any atom is -0.310 e. The molecule has 0 radical (unpaired) electrons. The van der Waals surface area contributed by atoms with Crippen LogP contribution in [0.15, 0.2) is 194 Å². The lowest BCUT2D eigenvalue weighted by atomic mass is 9.71. The molecule has 1 heteroatoms. The molecule has 11 rings (SSSR count). The van der Waals surface area contributed by atoms with Crippen LogP contribution in [0.2, 0.25) is 0 Å². The van der Waals surface area contributed by atoms with Gasteiger partial charge in [-0.2, -0.15) is 0 Å². The van der Waals surface area contributed by atoms with E-state index in [4.69, 9.17) is 0 Å². The highest BCUT2D eigenvalue weighted by Crippen LogP contribution is 2.57. The van der Waals surface area contributed by atoms with Gasteiger partial charge in [0.15, 0.2) is 0 Å². The van der Waals surface area contributed by atoms with Gasteiger partial charge in [-0.3, -0.25) is 0 Å². The maximum absolute atomic E-state index is 2.55. The van der Waals surface area contributed by atoms with Crippen molar-refractivity contribution in [1.29, 1.82) is 0 Å². The molecule has 9 aromatic carbocycles. The molecule has 2 aliphatic carbocycles. The van der Waals surface area contributed by atoms with Crippen LogP contribution >= 0.6 is 0 Å². The third-order valence-corrected chi connectivity index (χ3v) is 14.9. The summed E-state index contributed by atoms with van der Waals surface area (Å²) >= 11 is 0. The predicted molar refractivity (Wildman–Crippen MR) is 291 cm³/mol. The molecule has 68 heavy (non-hydrogen) atoms.